The lowest BCUT2D eigenvalue weighted by atomic mass is 10.1. The van der Waals surface area contributed by atoms with Crippen LogP contribution in [0, 0.1) is 11.8 Å². The number of aryl methyl sites for hydroxylation is 2. The smallest absolute Gasteiger partial charge is 0.393 e. The summed E-state index contributed by atoms with van der Waals surface area (Å²) in [5.41, 5.74) is 2.82. The van der Waals surface area contributed by atoms with E-state index in [4.69, 9.17) is 18.8 Å². The van der Waals surface area contributed by atoms with Crippen molar-refractivity contribution in [1.82, 2.24) is 31.2 Å². The Morgan fingerprint density at radius 1 is 0.554 bits per heavy atom. The molecule has 0 radical (unpaired) electrons. The van der Waals surface area contributed by atoms with E-state index in [2.05, 4.69) is 54.5 Å². The summed E-state index contributed by atoms with van der Waals surface area (Å²) in [6.07, 6.45) is 6.57. The summed E-state index contributed by atoms with van der Waals surface area (Å²) < 4.78 is 83.4. The number of hydrogen-bond donors (Lipinski definition) is 6. The number of pyridine rings is 2. The van der Waals surface area contributed by atoms with E-state index in [1.807, 2.05) is 61.8 Å². The van der Waals surface area contributed by atoms with Crippen molar-refractivity contribution in [1.29, 1.82) is 0 Å². The van der Waals surface area contributed by atoms with Gasteiger partial charge in [0.2, 0.25) is 31.9 Å². The van der Waals surface area contributed by atoms with Gasteiger partial charge in [-0.05, 0) is 110 Å². The predicted octanol–water partition coefficient (Wildman–Crippen LogP) is 5.74. The molecule has 2 aromatic carbocycles. The molecule has 0 unspecified atom stereocenters. The highest BCUT2D eigenvalue weighted by Gasteiger charge is 2.33. The number of carbonyl (C=O) groups excluding carboxylic acids is 4. The van der Waals surface area contributed by atoms with E-state index in [0.29, 0.717) is 64.2 Å². The molecule has 4 atom stereocenters. The Morgan fingerprint density at radius 2 is 0.916 bits per heavy atom. The summed E-state index contributed by atoms with van der Waals surface area (Å²) >= 11 is 0. The molecule has 0 spiro atoms. The SMILES string of the molecule is CCCCc1ccc(C(=O)N[C@H](CS(=O)(=O)Nc2ccc(N3CCOCC3)nc2)C(=O)N[C@@H](CC(C)C)OBO[C@H](CC(C)C)NC(=O)[C@@H](CS(=O)(=O)Nc2ccc(N3CCOCC3)nc2)NC(=O)c2ccc(CCCC)cc2)cc1.Cl.Cl. The maximum atomic E-state index is 14.3. The summed E-state index contributed by atoms with van der Waals surface area (Å²) in [6, 6.07) is 17.1. The summed E-state index contributed by atoms with van der Waals surface area (Å²) in [5.74, 6) is -3.64. The van der Waals surface area contributed by atoms with Gasteiger partial charge in [0.15, 0.2) is 0 Å². The maximum Gasteiger partial charge on any atom is 0.441 e. The molecule has 2 aliphatic heterocycles. The number of carbonyl (C=O) groups is 4. The van der Waals surface area contributed by atoms with Crippen LogP contribution in [-0.2, 0) is 61.3 Å². The van der Waals surface area contributed by atoms with E-state index < -0.39 is 87.4 Å². The number of unbranched alkanes of at least 4 members (excludes halogenated alkanes) is 2. The van der Waals surface area contributed by atoms with Gasteiger partial charge < -0.3 is 49.8 Å². The van der Waals surface area contributed by atoms with E-state index in [1.165, 1.54) is 12.4 Å². The third kappa shape index (κ3) is 24.0. The lowest BCUT2D eigenvalue weighted by Gasteiger charge is -2.28. The minimum atomic E-state index is -4.32. The number of hydrogen-bond acceptors (Lipinski definition) is 16. The molecule has 4 amide bonds. The summed E-state index contributed by atoms with van der Waals surface area (Å²) in [6.45, 7) is 16.4. The zero-order valence-electron chi connectivity index (χ0n) is 48.3. The van der Waals surface area contributed by atoms with Gasteiger partial charge in [-0.25, -0.2) is 26.8 Å². The monoisotopic (exact) mass is 1230 g/mol. The largest absolute Gasteiger partial charge is 0.441 e. The number of nitrogens with zero attached hydrogens (tertiary/aromatic N) is 4. The van der Waals surface area contributed by atoms with E-state index in [9.17, 15) is 36.0 Å². The highest BCUT2D eigenvalue weighted by molar-refractivity contribution is 7.93. The number of nitrogens with one attached hydrogen (secondary N) is 6. The standard InChI is InChI=1S/C56H81BN10O12S2.2ClH/c1-7-9-11-41-13-17-43(18-14-41)53(68)60-47(37-80(72,73)64-45-21-23-49(58-35-45)66-25-29-76-30-26-66)55(70)62-51(33-39(3)4)78-57-79-52(34-40(5)6)63-56(71)48(61-54(69)44-19-15-42(16-20-44)12-10-8-2)38-81(74,75)65-46-22-24-50(59-36-46)67-27-31-77-32-28-67;;/h13-24,35-36,39-40,47-48,51-52,57,64-65H,7-12,25-34,37-38H2,1-6H3,(H,60,68)(H,61,69)(H,62,70)(H,63,71);2*1H/t47-,48-,51-,52-;;/m1../s1. The molecule has 4 aromatic rings. The number of halogens is 2. The second-order valence-electron chi connectivity index (χ2n) is 21.1. The first-order chi connectivity index (χ1) is 38.8. The third-order valence-electron chi connectivity index (χ3n) is 13.3. The minimum absolute atomic E-state index is 0. The lowest BCUT2D eigenvalue weighted by molar-refractivity contribution is -0.125. The minimum Gasteiger partial charge on any atom is -0.393 e. The molecule has 2 saturated heterocycles. The van der Waals surface area contributed by atoms with Gasteiger partial charge in [-0.3, -0.25) is 28.6 Å². The Bertz CT molecular complexity index is 2660. The molecule has 458 valence electrons. The van der Waals surface area contributed by atoms with Crippen LogP contribution >= 0.6 is 24.8 Å². The quantitative estimate of drug-likeness (QED) is 0.0251. The van der Waals surface area contributed by atoms with Crippen LogP contribution in [0.3, 0.4) is 0 Å². The molecule has 22 nitrogen and oxygen atoms in total. The van der Waals surface area contributed by atoms with Crippen molar-refractivity contribution in [3.05, 3.63) is 107 Å². The predicted molar refractivity (Wildman–Crippen MR) is 329 cm³/mol. The summed E-state index contributed by atoms with van der Waals surface area (Å²) in [5, 5.41) is 10.8. The van der Waals surface area contributed by atoms with E-state index in [1.54, 1.807) is 48.5 Å². The average molecular weight is 1230 g/mol. The van der Waals surface area contributed by atoms with Crippen LogP contribution < -0.4 is 40.5 Å². The van der Waals surface area contributed by atoms with Gasteiger partial charge in [0.25, 0.3) is 11.8 Å². The zero-order valence-corrected chi connectivity index (χ0v) is 51.6. The number of amides is 4. The van der Waals surface area contributed by atoms with Crippen molar-refractivity contribution in [2.45, 2.75) is 117 Å². The van der Waals surface area contributed by atoms with Crippen LogP contribution in [0.5, 0.6) is 0 Å². The van der Waals surface area contributed by atoms with E-state index in [0.717, 1.165) is 49.7 Å². The molecule has 0 bridgehead atoms. The molecule has 2 aromatic heterocycles. The highest BCUT2D eigenvalue weighted by atomic mass is 35.5. The fourth-order valence-electron chi connectivity index (χ4n) is 8.91. The van der Waals surface area contributed by atoms with Gasteiger partial charge in [-0.1, -0.05) is 78.6 Å². The van der Waals surface area contributed by atoms with Gasteiger partial charge in [-0.2, -0.15) is 0 Å². The first-order valence-corrected chi connectivity index (χ1v) is 31.3. The number of aromatic nitrogens is 2. The number of sulfonamides is 2. The van der Waals surface area contributed by atoms with Crippen LogP contribution in [0.4, 0.5) is 23.0 Å². The van der Waals surface area contributed by atoms with Crippen LogP contribution in [0.2, 0.25) is 0 Å². The molecular formula is C56H83BCl2N10O12S2. The van der Waals surface area contributed by atoms with Crippen molar-refractivity contribution in [3.8, 4) is 0 Å². The maximum absolute atomic E-state index is 14.3. The molecule has 0 aliphatic carbocycles. The van der Waals surface area contributed by atoms with E-state index in [-0.39, 0.29) is 72.0 Å². The average Bonchev–Trinajstić information content (AvgIpc) is 3.44. The van der Waals surface area contributed by atoms with Crippen LogP contribution in [0.25, 0.3) is 0 Å². The van der Waals surface area contributed by atoms with E-state index >= 15 is 0 Å². The van der Waals surface area contributed by atoms with Gasteiger partial charge in [-0.15, -0.1) is 24.8 Å². The van der Waals surface area contributed by atoms with Crippen molar-refractivity contribution in [3.63, 3.8) is 0 Å². The molecule has 4 heterocycles. The molecule has 2 fully saturated rings. The number of rotatable bonds is 32. The molecule has 2 aliphatic rings. The van der Waals surface area contributed by atoms with Gasteiger partial charge in [0.1, 0.15) is 36.2 Å². The number of anilines is 4. The number of benzene rings is 2. The molecule has 6 rings (SSSR count). The van der Waals surface area contributed by atoms with Crippen molar-refractivity contribution in [2.24, 2.45) is 11.8 Å². The molecular weight excluding hydrogens is 1150 g/mol. The molecule has 83 heavy (non-hydrogen) atoms. The molecule has 27 heteroatoms. The Morgan fingerprint density at radius 3 is 1.23 bits per heavy atom. The van der Waals surface area contributed by atoms with Gasteiger partial charge >= 0.3 is 7.69 Å². The van der Waals surface area contributed by atoms with Crippen LogP contribution in [0.1, 0.15) is 112 Å². The topological polar surface area (TPSA) is 278 Å². The Hall–Kier alpha value is -5.80. The van der Waals surface area contributed by atoms with Gasteiger partial charge in [0, 0.05) is 37.3 Å². The van der Waals surface area contributed by atoms with Gasteiger partial charge in [0.05, 0.1) is 61.7 Å². The summed E-state index contributed by atoms with van der Waals surface area (Å²) in [7, 11) is -9.16. The van der Waals surface area contributed by atoms with Crippen molar-refractivity contribution >= 4 is 99.2 Å². The first kappa shape index (κ1) is 69.7. The molecule has 0 saturated carbocycles. The summed E-state index contributed by atoms with van der Waals surface area (Å²) in [4.78, 5) is 69.1. The number of morpholine rings is 2. The normalized spacial score (nSPS) is 15.1. The zero-order chi connectivity index (χ0) is 58.4. The second kappa shape index (κ2) is 34.9. The number of ether oxygens (including phenoxy) is 2. The van der Waals surface area contributed by atoms with Crippen LogP contribution in [-0.4, -0.2) is 147 Å². The first-order valence-electron chi connectivity index (χ1n) is 28.0. The Kier molecular flexibility index (Phi) is 29.3. The Labute approximate surface area is 502 Å². The second-order valence-corrected chi connectivity index (χ2v) is 24.7. The fraction of sp³-hybridized carbons (Fsp3) is 0.536. The fourth-order valence-corrected chi connectivity index (χ4v) is 11.4. The highest BCUT2D eigenvalue weighted by Crippen LogP contribution is 2.20. The lowest BCUT2D eigenvalue weighted by Crippen LogP contribution is -2.55. The van der Waals surface area contributed by atoms with Crippen molar-refractivity contribution in [2.75, 3.05) is 83.4 Å². The third-order valence-corrected chi connectivity index (χ3v) is 16.0. The Balaban J connectivity index is 0.00000740. The van der Waals surface area contributed by atoms with Crippen molar-refractivity contribution < 1.29 is 54.8 Å². The molecule has 6 N–H and O–H groups in total. The van der Waals surface area contributed by atoms with Crippen LogP contribution in [0.15, 0.2) is 85.2 Å².